The Labute approximate surface area is 124 Å². The fourth-order valence-corrected chi connectivity index (χ4v) is 1.99. The molecule has 7 heteroatoms. The Kier molecular flexibility index (Phi) is 4.37. The number of rotatable bonds is 3. The topological polar surface area (TPSA) is 55.1 Å². The molecule has 0 aliphatic heterocycles. The van der Waals surface area contributed by atoms with Gasteiger partial charge in [0, 0.05) is 11.3 Å². The molecule has 0 saturated carbocycles. The molecule has 0 unspecified atom stereocenters. The number of hydrogen-bond acceptors (Lipinski definition) is 3. The maximum Gasteiger partial charge on any atom is 0.416 e. The second kappa shape index (κ2) is 5.92. The van der Waals surface area contributed by atoms with Crippen LogP contribution in [0.4, 0.5) is 13.2 Å². The van der Waals surface area contributed by atoms with Crippen molar-refractivity contribution in [2.24, 2.45) is 0 Å². The first-order chi connectivity index (χ1) is 10.2. The van der Waals surface area contributed by atoms with Gasteiger partial charge in [-0.3, -0.25) is 9.36 Å². The minimum Gasteiger partial charge on any atom is -0.387 e. The predicted octanol–water partition coefficient (Wildman–Crippen LogP) is 2.61. The molecule has 0 spiro atoms. The lowest BCUT2D eigenvalue weighted by Crippen LogP contribution is -2.26. The molecule has 0 aliphatic rings. The van der Waals surface area contributed by atoms with E-state index in [2.05, 4.69) is 4.98 Å². The first-order valence-corrected chi connectivity index (χ1v) is 6.58. The van der Waals surface area contributed by atoms with Crippen molar-refractivity contribution < 1.29 is 18.3 Å². The predicted molar refractivity (Wildman–Crippen MR) is 74.4 cm³/mol. The van der Waals surface area contributed by atoms with E-state index in [9.17, 15) is 23.1 Å². The number of alkyl halides is 3. The van der Waals surface area contributed by atoms with E-state index in [0.717, 1.165) is 12.1 Å². The van der Waals surface area contributed by atoms with Gasteiger partial charge in [0.05, 0.1) is 24.5 Å². The third-order valence-electron chi connectivity index (χ3n) is 3.51. The summed E-state index contributed by atoms with van der Waals surface area (Å²) >= 11 is 0. The number of aryl methyl sites for hydroxylation is 1. The molecule has 0 fully saturated rings. The van der Waals surface area contributed by atoms with E-state index in [1.54, 1.807) is 13.8 Å². The summed E-state index contributed by atoms with van der Waals surface area (Å²) in [4.78, 5) is 16.0. The smallest absolute Gasteiger partial charge is 0.387 e. The second-order valence-electron chi connectivity index (χ2n) is 5.05. The molecule has 0 bridgehead atoms. The van der Waals surface area contributed by atoms with Crippen molar-refractivity contribution in [2.45, 2.75) is 32.7 Å². The van der Waals surface area contributed by atoms with Gasteiger partial charge >= 0.3 is 6.18 Å². The summed E-state index contributed by atoms with van der Waals surface area (Å²) in [6.45, 7) is 3.26. The molecule has 2 aromatic rings. The Bertz CT molecular complexity index is 721. The van der Waals surface area contributed by atoms with Gasteiger partial charge in [-0.25, -0.2) is 4.98 Å². The summed E-state index contributed by atoms with van der Waals surface area (Å²) in [5.74, 6) is 0. The van der Waals surface area contributed by atoms with Crippen molar-refractivity contribution in [2.75, 3.05) is 0 Å². The summed E-state index contributed by atoms with van der Waals surface area (Å²) in [7, 11) is 0. The maximum absolute atomic E-state index is 12.5. The fourth-order valence-electron chi connectivity index (χ4n) is 1.99. The number of halogens is 3. The minimum atomic E-state index is -4.42. The van der Waals surface area contributed by atoms with Gasteiger partial charge in [-0.2, -0.15) is 13.2 Å². The Morgan fingerprint density at radius 3 is 2.36 bits per heavy atom. The van der Waals surface area contributed by atoms with E-state index in [4.69, 9.17) is 0 Å². The molecule has 1 atom stereocenters. The van der Waals surface area contributed by atoms with E-state index in [-0.39, 0.29) is 12.1 Å². The van der Waals surface area contributed by atoms with Crippen LogP contribution in [0.5, 0.6) is 0 Å². The maximum atomic E-state index is 12.5. The summed E-state index contributed by atoms with van der Waals surface area (Å²) in [6, 6.07) is 4.21. The molecule has 22 heavy (non-hydrogen) atoms. The molecular weight excluding hydrogens is 297 g/mol. The molecule has 4 nitrogen and oxygen atoms in total. The SMILES string of the molecule is Cc1ncn(C[C@@H](O)c2ccc(C(F)(F)F)cc2)c(=O)c1C. The van der Waals surface area contributed by atoms with Crippen LogP contribution in [-0.4, -0.2) is 14.7 Å². The normalized spacial score (nSPS) is 13.2. The van der Waals surface area contributed by atoms with Crippen LogP contribution in [0.2, 0.25) is 0 Å². The average Bonchev–Trinajstić information content (AvgIpc) is 2.47. The van der Waals surface area contributed by atoms with E-state index in [1.807, 2.05) is 0 Å². The van der Waals surface area contributed by atoms with Gasteiger partial charge in [-0.1, -0.05) is 12.1 Å². The summed E-state index contributed by atoms with van der Waals surface area (Å²) in [6.07, 6.45) is -4.19. The van der Waals surface area contributed by atoms with Gasteiger partial charge in [-0.05, 0) is 31.5 Å². The van der Waals surface area contributed by atoms with Crippen LogP contribution in [0.25, 0.3) is 0 Å². The van der Waals surface area contributed by atoms with Crippen LogP contribution in [-0.2, 0) is 12.7 Å². The standard InChI is InChI=1S/C15H15F3N2O2/c1-9-10(2)19-8-20(14(9)22)7-13(21)11-3-5-12(6-4-11)15(16,17)18/h3-6,8,13,21H,7H2,1-2H3/t13-/m1/s1. The van der Waals surface area contributed by atoms with Crippen molar-refractivity contribution in [1.82, 2.24) is 9.55 Å². The lowest BCUT2D eigenvalue weighted by Gasteiger charge is -2.14. The Morgan fingerprint density at radius 1 is 1.23 bits per heavy atom. The molecule has 1 aromatic heterocycles. The zero-order chi connectivity index (χ0) is 16.5. The van der Waals surface area contributed by atoms with E-state index in [0.29, 0.717) is 16.8 Å². The molecule has 0 radical (unpaired) electrons. The second-order valence-corrected chi connectivity index (χ2v) is 5.05. The summed E-state index contributed by atoms with van der Waals surface area (Å²) < 4.78 is 38.7. The lowest BCUT2D eigenvalue weighted by molar-refractivity contribution is -0.137. The molecule has 118 valence electrons. The third-order valence-corrected chi connectivity index (χ3v) is 3.51. The van der Waals surface area contributed by atoms with Crippen LogP contribution < -0.4 is 5.56 Å². The summed E-state index contributed by atoms with van der Waals surface area (Å²) in [5.41, 5.74) is 0.317. The molecule has 0 amide bonds. The highest BCUT2D eigenvalue weighted by Gasteiger charge is 2.30. The van der Waals surface area contributed by atoms with Gasteiger partial charge in [0.2, 0.25) is 0 Å². The lowest BCUT2D eigenvalue weighted by atomic mass is 10.1. The Hall–Kier alpha value is -2.15. The van der Waals surface area contributed by atoms with Gasteiger partial charge in [0.15, 0.2) is 0 Å². The van der Waals surface area contributed by atoms with E-state index >= 15 is 0 Å². The first kappa shape index (κ1) is 16.2. The molecular formula is C15H15F3N2O2. The molecule has 0 saturated heterocycles. The first-order valence-electron chi connectivity index (χ1n) is 6.58. The molecule has 2 rings (SSSR count). The quantitative estimate of drug-likeness (QED) is 0.948. The van der Waals surface area contributed by atoms with E-state index < -0.39 is 17.8 Å². The Morgan fingerprint density at radius 2 is 1.82 bits per heavy atom. The van der Waals surface area contributed by atoms with Crippen molar-refractivity contribution in [1.29, 1.82) is 0 Å². The molecule has 1 N–H and O–H groups in total. The average molecular weight is 312 g/mol. The highest BCUT2D eigenvalue weighted by atomic mass is 19.4. The van der Waals surface area contributed by atoms with E-state index in [1.165, 1.54) is 23.0 Å². The zero-order valence-corrected chi connectivity index (χ0v) is 12.1. The van der Waals surface area contributed by atoms with Crippen molar-refractivity contribution in [3.63, 3.8) is 0 Å². The highest BCUT2D eigenvalue weighted by molar-refractivity contribution is 5.26. The number of aliphatic hydroxyl groups is 1. The van der Waals surface area contributed by atoms with Gasteiger partial charge in [-0.15, -0.1) is 0 Å². The van der Waals surface area contributed by atoms with Crippen molar-refractivity contribution >= 4 is 0 Å². The monoisotopic (exact) mass is 312 g/mol. The van der Waals surface area contributed by atoms with Crippen LogP contribution in [0.1, 0.15) is 28.5 Å². The number of aromatic nitrogens is 2. The van der Waals surface area contributed by atoms with Crippen molar-refractivity contribution in [3.8, 4) is 0 Å². The number of hydrogen-bond donors (Lipinski definition) is 1. The van der Waals surface area contributed by atoms with Crippen LogP contribution in [0.15, 0.2) is 35.4 Å². The third kappa shape index (κ3) is 3.36. The Balaban J connectivity index is 2.21. The van der Waals surface area contributed by atoms with Crippen molar-refractivity contribution in [3.05, 3.63) is 63.3 Å². The minimum absolute atomic E-state index is 0.0711. The van der Waals surface area contributed by atoms with Crippen LogP contribution in [0, 0.1) is 13.8 Å². The van der Waals surface area contributed by atoms with Crippen LogP contribution >= 0.6 is 0 Å². The molecule has 1 aromatic carbocycles. The van der Waals surface area contributed by atoms with Gasteiger partial charge in [0.1, 0.15) is 0 Å². The zero-order valence-electron chi connectivity index (χ0n) is 12.1. The van der Waals surface area contributed by atoms with Gasteiger partial charge < -0.3 is 5.11 Å². The fraction of sp³-hybridized carbons (Fsp3) is 0.333. The van der Waals surface area contributed by atoms with Gasteiger partial charge in [0.25, 0.3) is 5.56 Å². The molecule has 0 aliphatic carbocycles. The summed E-state index contributed by atoms with van der Waals surface area (Å²) in [5, 5.41) is 10.1. The largest absolute Gasteiger partial charge is 0.416 e. The molecule has 1 heterocycles. The number of benzene rings is 1. The van der Waals surface area contributed by atoms with Crippen LogP contribution in [0.3, 0.4) is 0 Å². The number of nitrogens with zero attached hydrogens (tertiary/aromatic N) is 2. The number of aliphatic hydroxyl groups excluding tert-OH is 1. The highest BCUT2D eigenvalue weighted by Crippen LogP contribution is 2.30.